The minimum atomic E-state index is -0.581. The van der Waals surface area contributed by atoms with E-state index in [2.05, 4.69) is 58.0 Å². The highest BCUT2D eigenvalue weighted by molar-refractivity contribution is 6.47. The van der Waals surface area contributed by atoms with Crippen molar-refractivity contribution in [3.8, 4) is 0 Å². The van der Waals surface area contributed by atoms with Crippen LogP contribution in [0.25, 0.3) is 6.08 Å². The van der Waals surface area contributed by atoms with Crippen molar-refractivity contribution in [2.24, 2.45) is 29.1 Å². The van der Waals surface area contributed by atoms with Gasteiger partial charge in [-0.1, -0.05) is 71.0 Å². The molecule has 2 aromatic rings. The van der Waals surface area contributed by atoms with Gasteiger partial charge >= 0.3 is 7.12 Å². The van der Waals surface area contributed by atoms with Gasteiger partial charge in [0, 0.05) is 24.4 Å². The average molecular weight is 560 g/mol. The highest BCUT2D eigenvalue weighted by Gasteiger charge is 2.68. The Labute approximate surface area is 245 Å². The van der Waals surface area contributed by atoms with Crippen LogP contribution < -0.4 is 5.32 Å². The number of carbonyl (C=O) groups is 2. The number of Topliss-reactive ketones (excluding diaryl/α,β-unsaturated/α-hetero) is 1. The number of carbonyl (C=O) groups excluding carboxylic acids is 2. The van der Waals surface area contributed by atoms with E-state index in [-0.39, 0.29) is 41.2 Å². The van der Waals surface area contributed by atoms with Gasteiger partial charge in [-0.2, -0.15) is 5.10 Å². The van der Waals surface area contributed by atoms with Gasteiger partial charge in [0.05, 0.1) is 30.1 Å². The maximum absolute atomic E-state index is 13.9. The summed E-state index contributed by atoms with van der Waals surface area (Å²) >= 11 is 0. The number of nitrogens with one attached hydrogen (secondary N) is 1. The second-order valence-corrected chi connectivity index (χ2v) is 13.6. The Balaban J connectivity index is 1.31. The molecule has 0 radical (unpaired) electrons. The molecule has 1 aromatic carbocycles. The zero-order valence-electron chi connectivity index (χ0n) is 25.5. The molecule has 6 atom stereocenters. The number of nitrogens with zero attached hydrogens (tertiary/aromatic N) is 2. The Morgan fingerprint density at radius 3 is 2.59 bits per heavy atom. The number of aromatic nitrogens is 2. The maximum Gasteiger partial charge on any atom is 0.481 e. The summed E-state index contributed by atoms with van der Waals surface area (Å²) in [4.78, 5) is 27.3. The zero-order chi connectivity index (χ0) is 29.4. The number of hydrogen-bond acceptors (Lipinski definition) is 5. The van der Waals surface area contributed by atoms with Crippen LogP contribution in [0, 0.1) is 29.1 Å². The minimum absolute atomic E-state index is 0.0485. The third kappa shape index (κ3) is 6.10. The molecular formula is C33H46BN3O4. The van der Waals surface area contributed by atoms with Gasteiger partial charge in [0.2, 0.25) is 5.91 Å². The van der Waals surface area contributed by atoms with Crippen LogP contribution in [0.15, 0.2) is 48.8 Å². The van der Waals surface area contributed by atoms with E-state index >= 15 is 0 Å². The van der Waals surface area contributed by atoms with Gasteiger partial charge in [-0.15, -0.1) is 0 Å². The van der Waals surface area contributed by atoms with Crippen molar-refractivity contribution < 1.29 is 18.9 Å². The van der Waals surface area contributed by atoms with Crippen LogP contribution in [0.1, 0.15) is 89.6 Å². The van der Waals surface area contributed by atoms with Crippen LogP contribution in [0.5, 0.6) is 0 Å². The van der Waals surface area contributed by atoms with Gasteiger partial charge in [0.25, 0.3) is 0 Å². The second kappa shape index (κ2) is 11.9. The average Bonchev–Trinajstić information content (AvgIpc) is 3.57. The Morgan fingerprint density at radius 2 is 1.95 bits per heavy atom. The monoisotopic (exact) mass is 559 g/mol. The van der Waals surface area contributed by atoms with Crippen LogP contribution in [-0.4, -0.2) is 46.2 Å². The summed E-state index contributed by atoms with van der Waals surface area (Å²) in [5, 5.41) is 7.59. The molecule has 7 nitrogen and oxygen atoms in total. The van der Waals surface area contributed by atoms with Gasteiger partial charge in [-0.3, -0.25) is 14.3 Å². The molecule has 8 heteroatoms. The molecule has 4 aliphatic rings. The molecule has 2 heterocycles. The number of hydrogen-bond donors (Lipinski definition) is 1. The third-order valence-electron chi connectivity index (χ3n) is 9.90. The van der Waals surface area contributed by atoms with Crippen LogP contribution in [-0.2, 0) is 20.6 Å². The van der Waals surface area contributed by atoms with Crippen molar-refractivity contribution in [3.63, 3.8) is 0 Å². The van der Waals surface area contributed by atoms with Crippen LogP contribution in [0.4, 0.5) is 0 Å². The van der Waals surface area contributed by atoms with Crippen LogP contribution in [0.2, 0.25) is 0 Å². The van der Waals surface area contributed by atoms with Gasteiger partial charge in [-0.05, 0) is 67.4 Å². The fraction of sp³-hybridized carbons (Fsp3) is 0.606. The third-order valence-corrected chi connectivity index (χ3v) is 9.90. The fourth-order valence-electron chi connectivity index (χ4n) is 7.37. The van der Waals surface area contributed by atoms with Gasteiger partial charge < -0.3 is 14.6 Å². The topological polar surface area (TPSA) is 82.5 Å². The van der Waals surface area contributed by atoms with E-state index in [1.807, 2.05) is 42.6 Å². The molecule has 0 unspecified atom stereocenters. The molecule has 41 heavy (non-hydrogen) atoms. The number of rotatable bonds is 12. The lowest BCUT2D eigenvalue weighted by molar-refractivity contribution is -0.199. The van der Waals surface area contributed by atoms with Gasteiger partial charge in [-0.25, -0.2) is 0 Å². The van der Waals surface area contributed by atoms with E-state index in [4.69, 9.17) is 9.31 Å². The summed E-state index contributed by atoms with van der Waals surface area (Å²) in [5.74, 6) is 0.337. The summed E-state index contributed by atoms with van der Waals surface area (Å²) in [7, 11) is -0.503. The first-order chi connectivity index (χ1) is 19.5. The summed E-state index contributed by atoms with van der Waals surface area (Å²) in [6.07, 6.45) is 11.7. The molecule has 2 bridgehead atoms. The molecule has 1 N–H and O–H groups in total. The van der Waals surface area contributed by atoms with E-state index in [9.17, 15) is 9.59 Å². The van der Waals surface area contributed by atoms with E-state index < -0.39 is 13.0 Å². The molecule has 4 fully saturated rings. The highest BCUT2D eigenvalue weighted by Crippen LogP contribution is 2.65. The Bertz CT molecular complexity index is 1240. The zero-order valence-corrected chi connectivity index (χ0v) is 25.5. The second-order valence-electron chi connectivity index (χ2n) is 13.6. The SMILES string of the molecule is CC/C=C/c1ccc(C(=O)C[C@@H](Cn2cccn2)C(=O)N[C@@H](CC(C)C)B2O[C@@H]3C[C@@H]4C[C@@H](C4(C)C)[C@]3(C)O2)cc1. The van der Waals surface area contributed by atoms with E-state index in [0.29, 0.717) is 29.9 Å². The molecule has 3 saturated carbocycles. The first kappa shape index (κ1) is 29.8. The van der Waals surface area contributed by atoms with Crippen molar-refractivity contribution >= 4 is 24.9 Å². The van der Waals surface area contributed by atoms with Gasteiger partial charge in [0.15, 0.2) is 5.78 Å². The first-order valence-electron chi connectivity index (χ1n) is 15.4. The largest absolute Gasteiger partial charge is 0.481 e. The van der Waals surface area contributed by atoms with Crippen molar-refractivity contribution in [2.75, 3.05) is 0 Å². The Morgan fingerprint density at radius 1 is 1.20 bits per heavy atom. The molecule has 220 valence electrons. The normalized spacial score (nSPS) is 27.9. The van der Waals surface area contributed by atoms with E-state index in [1.54, 1.807) is 10.9 Å². The Hall–Kier alpha value is -2.71. The number of ketones is 1. The lowest BCUT2D eigenvalue weighted by Gasteiger charge is -2.64. The number of amides is 1. The molecule has 3 aliphatic carbocycles. The molecule has 0 spiro atoms. The summed E-state index contributed by atoms with van der Waals surface area (Å²) in [6, 6.07) is 9.41. The molecule has 1 amide bonds. The predicted molar refractivity (Wildman–Crippen MR) is 162 cm³/mol. The summed E-state index contributed by atoms with van der Waals surface area (Å²) < 4.78 is 15.0. The van der Waals surface area contributed by atoms with Crippen molar-refractivity contribution in [3.05, 3.63) is 59.9 Å². The lowest BCUT2D eigenvalue weighted by atomic mass is 9.43. The summed E-state index contributed by atoms with van der Waals surface area (Å²) in [6.45, 7) is 13.6. The van der Waals surface area contributed by atoms with Crippen LogP contribution in [0.3, 0.4) is 0 Å². The van der Waals surface area contributed by atoms with E-state index in [1.165, 1.54) is 6.42 Å². The van der Waals surface area contributed by atoms with Crippen molar-refractivity contribution in [2.45, 2.75) is 97.8 Å². The molecular weight excluding hydrogens is 513 g/mol. The smallest absolute Gasteiger partial charge is 0.404 e. The number of benzene rings is 1. The van der Waals surface area contributed by atoms with Crippen molar-refractivity contribution in [1.82, 2.24) is 15.1 Å². The van der Waals surface area contributed by atoms with Crippen LogP contribution >= 0.6 is 0 Å². The predicted octanol–water partition coefficient (Wildman–Crippen LogP) is 5.99. The molecule has 6 rings (SSSR count). The van der Waals surface area contributed by atoms with Gasteiger partial charge in [0.1, 0.15) is 0 Å². The minimum Gasteiger partial charge on any atom is -0.404 e. The molecule has 1 aliphatic heterocycles. The quantitative estimate of drug-likeness (QED) is 0.255. The molecule has 1 saturated heterocycles. The first-order valence-corrected chi connectivity index (χ1v) is 15.4. The summed E-state index contributed by atoms with van der Waals surface area (Å²) in [5.41, 5.74) is 1.57. The highest BCUT2D eigenvalue weighted by atomic mass is 16.7. The van der Waals surface area contributed by atoms with E-state index in [0.717, 1.165) is 24.8 Å². The lowest BCUT2D eigenvalue weighted by Crippen LogP contribution is -2.65. The maximum atomic E-state index is 13.9. The number of allylic oxidation sites excluding steroid dienone is 1. The standard InChI is InChI=1S/C33H46BN3O4/c1-7-8-10-23-11-13-24(14-12-23)27(38)18-25(21-37-16-9-15-35-37)31(39)36-30(17-22(2)3)34-40-29-20-26-19-28(32(26,4)5)33(29,6)41-34/h8-16,22,25-26,28-30H,7,17-21H2,1-6H3,(H,36,39)/b10-8+/t25-,26-,28-,29+,30-,33-/m0/s1. The van der Waals surface area contributed by atoms with Crippen molar-refractivity contribution in [1.29, 1.82) is 0 Å². The fourth-order valence-corrected chi connectivity index (χ4v) is 7.37. The Kier molecular flexibility index (Phi) is 8.63. The molecule has 1 aromatic heterocycles.